The van der Waals surface area contributed by atoms with Gasteiger partial charge >= 0.3 is 5.97 Å². The molecule has 1 heterocycles. The first kappa shape index (κ1) is 14.9. The maximum Gasteiger partial charge on any atom is 0.341 e. The predicted octanol–water partition coefficient (Wildman–Crippen LogP) is 3.31. The maximum absolute atomic E-state index is 13.9. The molecule has 1 aliphatic rings. The molecule has 20 heavy (non-hydrogen) atoms. The van der Waals surface area contributed by atoms with E-state index in [0.717, 1.165) is 12.1 Å². The third kappa shape index (κ3) is 2.00. The Morgan fingerprint density at radius 2 is 1.90 bits per heavy atom. The largest absolute Gasteiger partial charge is 0.464 e. The number of epoxide rings is 1. The van der Waals surface area contributed by atoms with Gasteiger partial charge in [-0.1, -0.05) is 19.4 Å². The molecule has 5 heteroatoms. The summed E-state index contributed by atoms with van der Waals surface area (Å²) in [5, 5.41) is 0. The molecule has 1 aromatic rings. The van der Waals surface area contributed by atoms with Crippen molar-refractivity contribution >= 4 is 5.97 Å². The summed E-state index contributed by atoms with van der Waals surface area (Å²) in [7, 11) is 0. The topological polar surface area (TPSA) is 38.8 Å². The van der Waals surface area contributed by atoms with E-state index in [9.17, 15) is 13.6 Å². The van der Waals surface area contributed by atoms with Gasteiger partial charge in [-0.05, 0) is 32.4 Å². The average Bonchev–Trinajstić information content (AvgIpc) is 2.97. The fourth-order valence-corrected chi connectivity index (χ4v) is 2.76. The molecule has 1 fully saturated rings. The quantitative estimate of drug-likeness (QED) is 0.615. The van der Waals surface area contributed by atoms with Gasteiger partial charge in [-0.3, -0.25) is 0 Å². The molecule has 0 amide bonds. The van der Waals surface area contributed by atoms with Crippen LogP contribution in [-0.2, 0) is 19.9 Å². The normalized spacial score (nSPS) is 28.2. The number of hydrogen-bond donors (Lipinski definition) is 0. The van der Waals surface area contributed by atoms with E-state index in [0.29, 0.717) is 12.8 Å². The number of ether oxygens (including phenoxy) is 2. The standard InChI is InChI=1S/C15H18F2O3/c1-4-9-15(13(18)19-5-2)14(3,20-15)12-10(16)7-6-8-11(12)17/h6-8H,4-5,9H2,1-3H3. The predicted molar refractivity (Wildman–Crippen MR) is 69.1 cm³/mol. The second-order valence-electron chi connectivity index (χ2n) is 5.03. The maximum atomic E-state index is 13.9. The van der Waals surface area contributed by atoms with Gasteiger partial charge in [-0.15, -0.1) is 0 Å². The van der Waals surface area contributed by atoms with E-state index < -0.39 is 28.8 Å². The fourth-order valence-electron chi connectivity index (χ4n) is 2.76. The van der Waals surface area contributed by atoms with Crippen molar-refractivity contribution in [2.45, 2.75) is 44.8 Å². The van der Waals surface area contributed by atoms with Crippen LogP contribution in [0.5, 0.6) is 0 Å². The number of hydrogen-bond acceptors (Lipinski definition) is 3. The average molecular weight is 284 g/mol. The molecule has 1 saturated heterocycles. The highest BCUT2D eigenvalue weighted by molar-refractivity contribution is 5.85. The Morgan fingerprint density at radius 3 is 2.40 bits per heavy atom. The minimum atomic E-state index is -1.31. The summed E-state index contributed by atoms with van der Waals surface area (Å²) in [6, 6.07) is 3.60. The monoisotopic (exact) mass is 284 g/mol. The molecule has 1 aromatic carbocycles. The minimum Gasteiger partial charge on any atom is -0.464 e. The zero-order valence-electron chi connectivity index (χ0n) is 11.8. The van der Waals surface area contributed by atoms with Gasteiger partial charge < -0.3 is 9.47 Å². The summed E-state index contributed by atoms with van der Waals surface area (Å²) >= 11 is 0. The van der Waals surface area contributed by atoms with Crippen molar-refractivity contribution in [2.24, 2.45) is 0 Å². The van der Waals surface area contributed by atoms with E-state index in [4.69, 9.17) is 9.47 Å². The smallest absolute Gasteiger partial charge is 0.341 e. The number of rotatable bonds is 5. The van der Waals surface area contributed by atoms with Gasteiger partial charge in [0.15, 0.2) is 5.60 Å². The van der Waals surface area contributed by atoms with Crippen molar-refractivity contribution in [3.63, 3.8) is 0 Å². The van der Waals surface area contributed by atoms with Gasteiger partial charge in [0.1, 0.15) is 17.2 Å². The molecule has 0 radical (unpaired) electrons. The summed E-state index contributed by atoms with van der Waals surface area (Å²) < 4.78 is 38.4. The lowest BCUT2D eigenvalue weighted by Crippen LogP contribution is -2.34. The summed E-state index contributed by atoms with van der Waals surface area (Å²) in [5.74, 6) is -1.99. The van der Waals surface area contributed by atoms with E-state index in [2.05, 4.69) is 0 Å². The SMILES string of the molecule is CCCC1(C(=O)OCC)OC1(C)c1c(F)cccc1F. The molecular weight excluding hydrogens is 266 g/mol. The Hall–Kier alpha value is -1.49. The van der Waals surface area contributed by atoms with Crippen LogP contribution in [0, 0.1) is 11.6 Å². The van der Waals surface area contributed by atoms with E-state index >= 15 is 0 Å². The van der Waals surface area contributed by atoms with Crippen molar-refractivity contribution in [1.82, 2.24) is 0 Å². The van der Waals surface area contributed by atoms with Crippen LogP contribution in [0.1, 0.15) is 39.2 Å². The highest BCUT2D eigenvalue weighted by atomic mass is 19.1. The summed E-state index contributed by atoms with van der Waals surface area (Å²) in [6.45, 7) is 5.28. The van der Waals surface area contributed by atoms with Crippen LogP contribution in [0.25, 0.3) is 0 Å². The molecule has 0 aromatic heterocycles. The zero-order chi connectivity index (χ0) is 15.0. The molecule has 110 valence electrons. The molecule has 3 nitrogen and oxygen atoms in total. The molecule has 0 N–H and O–H groups in total. The lowest BCUT2D eigenvalue weighted by atomic mass is 9.84. The van der Waals surface area contributed by atoms with Gasteiger partial charge in [0.05, 0.1) is 12.2 Å². The van der Waals surface area contributed by atoms with Gasteiger partial charge in [0, 0.05) is 0 Å². The molecule has 0 spiro atoms. The molecule has 1 aliphatic heterocycles. The Balaban J connectivity index is 2.44. The second kappa shape index (κ2) is 5.13. The van der Waals surface area contributed by atoms with Crippen molar-refractivity contribution < 1.29 is 23.0 Å². The third-order valence-electron chi connectivity index (χ3n) is 3.75. The second-order valence-corrected chi connectivity index (χ2v) is 5.03. The van der Waals surface area contributed by atoms with E-state index in [-0.39, 0.29) is 12.2 Å². The summed E-state index contributed by atoms with van der Waals surface area (Å²) in [4.78, 5) is 12.1. The Bertz CT molecular complexity index is 512. The number of carbonyl (C=O) groups is 1. The number of carbonyl (C=O) groups excluding carboxylic acids is 1. The molecule has 2 unspecified atom stereocenters. The third-order valence-corrected chi connectivity index (χ3v) is 3.75. The van der Waals surface area contributed by atoms with Crippen molar-refractivity contribution in [3.8, 4) is 0 Å². The van der Waals surface area contributed by atoms with Crippen molar-refractivity contribution in [2.75, 3.05) is 6.61 Å². The Morgan fingerprint density at radius 1 is 1.30 bits per heavy atom. The lowest BCUT2D eigenvalue weighted by molar-refractivity contribution is -0.149. The molecular formula is C15H18F2O3. The van der Waals surface area contributed by atoms with Gasteiger partial charge in [-0.25, -0.2) is 13.6 Å². The Labute approximate surface area is 116 Å². The number of halogens is 2. The Kier molecular flexibility index (Phi) is 3.82. The lowest BCUT2D eigenvalue weighted by Gasteiger charge is -2.16. The van der Waals surface area contributed by atoms with Crippen LogP contribution in [0.15, 0.2) is 18.2 Å². The molecule has 2 rings (SSSR count). The first-order valence-electron chi connectivity index (χ1n) is 6.74. The zero-order valence-corrected chi connectivity index (χ0v) is 11.8. The van der Waals surface area contributed by atoms with Crippen LogP contribution in [0.4, 0.5) is 8.78 Å². The van der Waals surface area contributed by atoms with Crippen molar-refractivity contribution in [3.05, 3.63) is 35.4 Å². The summed E-state index contributed by atoms with van der Waals surface area (Å²) in [5.41, 5.74) is -2.81. The van der Waals surface area contributed by atoms with Gasteiger partial charge in [-0.2, -0.15) is 0 Å². The van der Waals surface area contributed by atoms with Crippen LogP contribution in [-0.4, -0.2) is 18.2 Å². The fraction of sp³-hybridized carbons (Fsp3) is 0.533. The molecule has 2 atom stereocenters. The van der Waals surface area contributed by atoms with Gasteiger partial charge in [0.25, 0.3) is 0 Å². The van der Waals surface area contributed by atoms with Crippen LogP contribution < -0.4 is 0 Å². The van der Waals surface area contributed by atoms with Crippen LogP contribution in [0.2, 0.25) is 0 Å². The summed E-state index contributed by atoms with van der Waals surface area (Å²) in [6.07, 6.45) is 1.00. The number of esters is 1. The molecule has 0 saturated carbocycles. The van der Waals surface area contributed by atoms with E-state index in [1.54, 1.807) is 6.92 Å². The first-order valence-corrected chi connectivity index (χ1v) is 6.74. The molecule has 0 aliphatic carbocycles. The highest BCUT2D eigenvalue weighted by Crippen LogP contribution is 2.59. The van der Waals surface area contributed by atoms with Crippen molar-refractivity contribution in [1.29, 1.82) is 0 Å². The number of benzene rings is 1. The minimum absolute atomic E-state index is 0.198. The van der Waals surface area contributed by atoms with E-state index in [1.807, 2.05) is 6.92 Å². The van der Waals surface area contributed by atoms with Crippen LogP contribution in [0.3, 0.4) is 0 Å². The first-order chi connectivity index (χ1) is 9.43. The van der Waals surface area contributed by atoms with Gasteiger partial charge in [0.2, 0.25) is 0 Å². The molecule has 0 bridgehead atoms. The van der Waals surface area contributed by atoms with E-state index in [1.165, 1.54) is 13.0 Å². The highest BCUT2D eigenvalue weighted by Gasteiger charge is 2.74. The van der Waals surface area contributed by atoms with Crippen LogP contribution >= 0.6 is 0 Å².